The second-order valence-corrected chi connectivity index (χ2v) is 14.5. The van der Waals surface area contributed by atoms with Gasteiger partial charge in [-0.25, -0.2) is 4.57 Å². The minimum atomic E-state index is -4.61. The average molecular weight is 718 g/mol. The zero-order valence-electron chi connectivity index (χ0n) is 31.0. The summed E-state index contributed by atoms with van der Waals surface area (Å²) in [7, 11) is -4.61. The Kier molecular flexibility index (Phi) is 33.8. The summed E-state index contributed by atoms with van der Waals surface area (Å²) in [5, 5.41) is 8.86. The lowest BCUT2D eigenvalue weighted by molar-refractivity contribution is -0.154. The molecule has 0 fully saturated rings. The molecule has 0 aromatic carbocycles. The van der Waals surface area contributed by atoms with E-state index >= 15 is 0 Å². The van der Waals surface area contributed by atoms with Crippen LogP contribution in [0.2, 0.25) is 0 Å². The number of ether oxygens (including phenoxy) is 2. The van der Waals surface area contributed by atoms with Crippen LogP contribution in [0.4, 0.5) is 0 Å². The number of carboxylic acid groups (broad SMARTS) is 1. The van der Waals surface area contributed by atoms with Crippen molar-refractivity contribution in [1.82, 2.24) is 0 Å². The van der Waals surface area contributed by atoms with Crippen molar-refractivity contribution in [1.29, 1.82) is 0 Å². The van der Waals surface area contributed by atoms with Gasteiger partial charge in [0.05, 0.1) is 19.8 Å². The Morgan fingerprint density at radius 1 is 0.653 bits per heavy atom. The van der Waals surface area contributed by atoms with Gasteiger partial charge in [0.15, 0.2) is 0 Å². The highest BCUT2D eigenvalue weighted by Gasteiger charge is 2.27. The van der Waals surface area contributed by atoms with Crippen LogP contribution in [0.15, 0.2) is 24.3 Å². The molecule has 10 nitrogen and oxygen atoms in total. The molecule has 0 aromatic rings. The van der Waals surface area contributed by atoms with Gasteiger partial charge < -0.3 is 25.2 Å². The third kappa shape index (κ3) is 34.7. The first-order valence-electron chi connectivity index (χ1n) is 19.4. The van der Waals surface area contributed by atoms with Gasteiger partial charge in [0.2, 0.25) is 0 Å². The number of allylic oxidation sites excluding steroid dienone is 4. The Bertz CT molecular complexity index is 883. The van der Waals surface area contributed by atoms with Crippen LogP contribution in [0.3, 0.4) is 0 Å². The number of unbranched alkanes of at least 4 members (excludes halogenated alkanes) is 19. The molecule has 0 heterocycles. The van der Waals surface area contributed by atoms with E-state index in [0.29, 0.717) is 13.0 Å². The molecule has 0 spiro atoms. The Labute approximate surface area is 298 Å². The molecule has 4 N–H and O–H groups in total. The molecular weight excluding hydrogens is 645 g/mol. The highest BCUT2D eigenvalue weighted by atomic mass is 31.2. The van der Waals surface area contributed by atoms with Crippen LogP contribution in [0.5, 0.6) is 0 Å². The summed E-state index contributed by atoms with van der Waals surface area (Å²) < 4.78 is 33.2. The van der Waals surface area contributed by atoms with Crippen molar-refractivity contribution in [2.75, 3.05) is 26.4 Å². The molecule has 3 atom stereocenters. The topological polar surface area (TPSA) is 155 Å². The van der Waals surface area contributed by atoms with Gasteiger partial charge in [0.25, 0.3) is 0 Å². The summed E-state index contributed by atoms with van der Waals surface area (Å²) in [6.45, 7) is 3.82. The van der Waals surface area contributed by atoms with E-state index in [4.69, 9.17) is 24.8 Å². The number of phosphoric ester groups is 1. The number of hydrogen-bond acceptors (Lipinski definition) is 8. The lowest BCUT2D eigenvalue weighted by Crippen LogP contribution is -2.34. The quantitative estimate of drug-likeness (QED) is 0.0245. The second kappa shape index (κ2) is 34.9. The summed E-state index contributed by atoms with van der Waals surface area (Å²) in [5.74, 6) is -1.78. The molecule has 11 heteroatoms. The minimum absolute atomic E-state index is 0.0128. The van der Waals surface area contributed by atoms with E-state index < -0.39 is 45.1 Å². The normalized spacial score (nSPS) is 14.4. The van der Waals surface area contributed by atoms with Crippen molar-refractivity contribution in [3.05, 3.63) is 24.3 Å². The first-order valence-corrected chi connectivity index (χ1v) is 20.9. The van der Waals surface area contributed by atoms with Crippen molar-refractivity contribution >= 4 is 19.8 Å². The average Bonchev–Trinajstić information content (AvgIpc) is 3.07. The Morgan fingerprint density at radius 2 is 1.12 bits per heavy atom. The number of nitrogens with two attached hydrogens (primary N) is 1. The summed E-state index contributed by atoms with van der Waals surface area (Å²) in [6.07, 6.45) is 35.1. The number of carbonyl (C=O) groups excluding carboxylic acids is 1. The molecular formula is C38H72NO9P. The number of rotatable bonds is 37. The molecule has 0 radical (unpaired) electrons. The maximum absolute atomic E-state index is 12.5. The molecule has 0 rings (SSSR count). The number of carboxylic acids is 1. The van der Waals surface area contributed by atoms with Gasteiger partial charge in [-0.1, -0.05) is 141 Å². The van der Waals surface area contributed by atoms with Gasteiger partial charge in [-0.2, -0.15) is 0 Å². The van der Waals surface area contributed by atoms with Crippen LogP contribution < -0.4 is 5.73 Å². The van der Waals surface area contributed by atoms with Gasteiger partial charge in [-0.15, -0.1) is 0 Å². The second-order valence-electron chi connectivity index (χ2n) is 13.1. The summed E-state index contributed by atoms with van der Waals surface area (Å²) in [4.78, 5) is 33.3. The largest absolute Gasteiger partial charge is 0.480 e. The number of phosphoric acid groups is 1. The fourth-order valence-corrected chi connectivity index (χ4v) is 5.94. The van der Waals surface area contributed by atoms with Gasteiger partial charge >= 0.3 is 19.8 Å². The van der Waals surface area contributed by atoms with E-state index in [1.54, 1.807) is 0 Å². The van der Waals surface area contributed by atoms with Gasteiger partial charge in [0, 0.05) is 13.0 Å². The maximum Gasteiger partial charge on any atom is 0.472 e. The number of esters is 1. The molecule has 0 aliphatic heterocycles. The van der Waals surface area contributed by atoms with Crippen molar-refractivity contribution in [3.63, 3.8) is 0 Å². The van der Waals surface area contributed by atoms with Crippen molar-refractivity contribution in [2.45, 2.75) is 180 Å². The zero-order valence-corrected chi connectivity index (χ0v) is 31.9. The van der Waals surface area contributed by atoms with E-state index in [-0.39, 0.29) is 13.0 Å². The van der Waals surface area contributed by atoms with E-state index in [1.165, 1.54) is 96.3 Å². The molecule has 0 aromatic heterocycles. The molecule has 0 saturated heterocycles. The van der Waals surface area contributed by atoms with Crippen LogP contribution in [0, 0.1) is 0 Å². The van der Waals surface area contributed by atoms with Crippen molar-refractivity contribution in [3.8, 4) is 0 Å². The number of hydrogen-bond donors (Lipinski definition) is 3. The minimum Gasteiger partial charge on any atom is -0.480 e. The molecule has 3 unspecified atom stereocenters. The monoisotopic (exact) mass is 717 g/mol. The van der Waals surface area contributed by atoms with E-state index in [0.717, 1.165) is 44.9 Å². The van der Waals surface area contributed by atoms with Crippen LogP contribution in [-0.2, 0) is 32.7 Å². The summed E-state index contributed by atoms with van der Waals surface area (Å²) in [6, 6.07) is -1.47. The number of carbonyl (C=O) groups is 2. The van der Waals surface area contributed by atoms with E-state index in [1.807, 2.05) is 0 Å². The molecule has 0 saturated carbocycles. The predicted molar refractivity (Wildman–Crippen MR) is 198 cm³/mol. The third-order valence-corrected chi connectivity index (χ3v) is 9.18. The van der Waals surface area contributed by atoms with Gasteiger partial charge in [-0.05, 0) is 44.9 Å². The fraction of sp³-hybridized carbons (Fsp3) is 0.842. The van der Waals surface area contributed by atoms with Crippen LogP contribution in [-0.4, -0.2) is 60.5 Å². The number of aliphatic carboxylic acids is 1. The van der Waals surface area contributed by atoms with Crippen LogP contribution in [0.25, 0.3) is 0 Å². The predicted octanol–water partition coefficient (Wildman–Crippen LogP) is 9.97. The highest BCUT2D eigenvalue weighted by Crippen LogP contribution is 2.43. The third-order valence-electron chi connectivity index (χ3n) is 8.23. The molecule has 0 amide bonds. The molecule has 0 aliphatic carbocycles. The molecule has 49 heavy (non-hydrogen) atoms. The standard InChI is InChI=1S/C38H72NO9P/c1-3-5-7-9-11-13-15-16-17-18-19-21-23-25-27-29-31-45-32-35(33-46-49(43,44)47-34-36(39)38(41)42)48-37(40)30-28-26-24-22-20-14-12-10-8-6-4-2/h11,13,16-17,35-36H,3-10,12,14-15,18-34,39H2,1-2H3,(H,41,42)(H,43,44)/b13-11-,17-16-. The Morgan fingerprint density at radius 3 is 1.69 bits per heavy atom. The first kappa shape index (κ1) is 47.4. The van der Waals surface area contributed by atoms with Gasteiger partial charge in [-0.3, -0.25) is 18.6 Å². The Hall–Kier alpha value is -1.55. The zero-order chi connectivity index (χ0) is 36.3. The van der Waals surface area contributed by atoms with Gasteiger partial charge in [0.1, 0.15) is 12.1 Å². The van der Waals surface area contributed by atoms with Crippen LogP contribution in [0.1, 0.15) is 168 Å². The Balaban J connectivity index is 4.29. The van der Waals surface area contributed by atoms with Crippen LogP contribution >= 0.6 is 7.82 Å². The SMILES string of the molecule is CCCCC/C=C\C/C=C\CCCCCCCCOCC(COP(=O)(O)OCC(N)C(=O)O)OC(=O)CCCCCCCCCCCCC. The maximum atomic E-state index is 12.5. The van der Waals surface area contributed by atoms with Crippen molar-refractivity contribution < 1.29 is 42.7 Å². The summed E-state index contributed by atoms with van der Waals surface area (Å²) in [5.41, 5.74) is 5.33. The molecule has 0 aliphatic rings. The van der Waals surface area contributed by atoms with E-state index in [2.05, 4.69) is 42.7 Å². The first-order chi connectivity index (χ1) is 23.7. The van der Waals surface area contributed by atoms with E-state index in [9.17, 15) is 19.0 Å². The molecule has 0 bridgehead atoms. The highest BCUT2D eigenvalue weighted by molar-refractivity contribution is 7.47. The lowest BCUT2D eigenvalue weighted by Gasteiger charge is -2.20. The smallest absolute Gasteiger partial charge is 0.472 e. The summed E-state index contributed by atoms with van der Waals surface area (Å²) >= 11 is 0. The molecule has 288 valence electrons. The fourth-order valence-electron chi connectivity index (χ4n) is 5.16. The lowest BCUT2D eigenvalue weighted by atomic mass is 10.1. The van der Waals surface area contributed by atoms with Crippen molar-refractivity contribution in [2.24, 2.45) is 5.73 Å².